The van der Waals surface area contributed by atoms with Gasteiger partial charge in [-0.1, -0.05) is 46.5 Å². The van der Waals surface area contributed by atoms with Gasteiger partial charge >= 0.3 is 0 Å². The van der Waals surface area contributed by atoms with E-state index < -0.39 is 0 Å². The normalized spacial score (nSPS) is 34.3. The molecular weight excluding hydrogens is 222 g/mol. The average Bonchev–Trinajstić information content (AvgIpc) is 2.79. The molecule has 0 aromatic carbocycles. The van der Waals surface area contributed by atoms with Crippen LogP contribution in [0.5, 0.6) is 0 Å². The van der Waals surface area contributed by atoms with Gasteiger partial charge in [0.15, 0.2) is 0 Å². The van der Waals surface area contributed by atoms with Crippen molar-refractivity contribution in [1.82, 2.24) is 5.32 Å². The van der Waals surface area contributed by atoms with Crippen molar-refractivity contribution in [3.8, 4) is 0 Å². The summed E-state index contributed by atoms with van der Waals surface area (Å²) in [5.41, 5.74) is 0.136. The summed E-state index contributed by atoms with van der Waals surface area (Å²) in [4.78, 5) is 0. The summed E-state index contributed by atoms with van der Waals surface area (Å²) in [6, 6.07) is 0.561. The maximum absolute atomic E-state index is 6.60. The molecule has 2 atom stereocenters. The molecule has 2 fully saturated rings. The quantitative estimate of drug-likeness (QED) is 0.802. The highest BCUT2D eigenvalue weighted by Crippen LogP contribution is 2.38. The predicted molar refractivity (Wildman–Crippen MR) is 76.8 cm³/mol. The van der Waals surface area contributed by atoms with Crippen LogP contribution < -0.4 is 5.32 Å². The first-order chi connectivity index (χ1) is 8.60. The zero-order chi connectivity index (χ0) is 13.0. The third kappa shape index (κ3) is 3.96. The molecule has 2 saturated carbocycles. The second-order valence-electron chi connectivity index (χ2n) is 6.94. The highest BCUT2D eigenvalue weighted by atomic mass is 16.5. The fourth-order valence-corrected chi connectivity index (χ4v) is 3.67. The van der Waals surface area contributed by atoms with Gasteiger partial charge in [-0.25, -0.2) is 0 Å². The fraction of sp³-hybridized carbons (Fsp3) is 1.00. The SMILES string of the molecule is CC1CCCC(CNC(C)C)(OC2CCCC2)C1. The average molecular weight is 253 g/mol. The van der Waals surface area contributed by atoms with Crippen molar-refractivity contribution in [3.63, 3.8) is 0 Å². The van der Waals surface area contributed by atoms with Crippen LogP contribution in [0.2, 0.25) is 0 Å². The lowest BCUT2D eigenvalue weighted by Crippen LogP contribution is -2.49. The molecule has 1 N–H and O–H groups in total. The van der Waals surface area contributed by atoms with E-state index in [1.165, 1.54) is 51.4 Å². The van der Waals surface area contributed by atoms with Crippen molar-refractivity contribution < 1.29 is 4.74 Å². The third-order valence-corrected chi connectivity index (χ3v) is 4.60. The first-order valence-electron chi connectivity index (χ1n) is 8.01. The molecule has 0 heterocycles. The van der Waals surface area contributed by atoms with E-state index in [9.17, 15) is 0 Å². The molecule has 0 aromatic heterocycles. The fourth-order valence-electron chi connectivity index (χ4n) is 3.67. The summed E-state index contributed by atoms with van der Waals surface area (Å²) in [5.74, 6) is 0.828. The molecule has 0 amide bonds. The van der Waals surface area contributed by atoms with E-state index in [1.54, 1.807) is 0 Å². The first kappa shape index (κ1) is 14.3. The number of nitrogens with one attached hydrogen (secondary N) is 1. The van der Waals surface area contributed by atoms with E-state index in [0.717, 1.165) is 12.5 Å². The van der Waals surface area contributed by atoms with E-state index in [2.05, 4.69) is 26.1 Å². The minimum atomic E-state index is 0.136. The van der Waals surface area contributed by atoms with E-state index in [0.29, 0.717) is 12.1 Å². The molecule has 0 aromatic rings. The molecule has 2 rings (SSSR count). The van der Waals surface area contributed by atoms with Crippen LogP contribution in [0.4, 0.5) is 0 Å². The monoisotopic (exact) mass is 253 g/mol. The van der Waals surface area contributed by atoms with Gasteiger partial charge in [0.1, 0.15) is 0 Å². The molecule has 106 valence electrons. The molecule has 0 aliphatic heterocycles. The van der Waals surface area contributed by atoms with Gasteiger partial charge in [-0.2, -0.15) is 0 Å². The third-order valence-electron chi connectivity index (χ3n) is 4.60. The van der Waals surface area contributed by atoms with Gasteiger partial charge in [0.2, 0.25) is 0 Å². The van der Waals surface area contributed by atoms with E-state index in [4.69, 9.17) is 4.74 Å². The van der Waals surface area contributed by atoms with Gasteiger partial charge < -0.3 is 10.1 Å². The highest BCUT2D eigenvalue weighted by Gasteiger charge is 2.38. The van der Waals surface area contributed by atoms with Gasteiger partial charge in [-0.05, 0) is 31.6 Å². The second-order valence-corrected chi connectivity index (χ2v) is 6.94. The van der Waals surface area contributed by atoms with Crippen LogP contribution in [0.25, 0.3) is 0 Å². The molecular formula is C16H31NO. The standard InChI is InChI=1S/C16H31NO/c1-13(2)17-12-16(10-6-7-14(3)11-16)18-15-8-4-5-9-15/h13-15,17H,4-12H2,1-3H3. The van der Waals surface area contributed by atoms with Crippen molar-refractivity contribution in [2.45, 2.75) is 89.9 Å². The van der Waals surface area contributed by atoms with E-state index in [-0.39, 0.29) is 5.60 Å². The number of rotatable bonds is 5. The molecule has 18 heavy (non-hydrogen) atoms. The van der Waals surface area contributed by atoms with Crippen LogP contribution in [0, 0.1) is 5.92 Å². The van der Waals surface area contributed by atoms with E-state index in [1.807, 2.05) is 0 Å². The Bertz CT molecular complexity index is 247. The zero-order valence-corrected chi connectivity index (χ0v) is 12.5. The van der Waals surface area contributed by atoms with Crippen molar-refractivity contribution in [2.75, 3.05) is 6.54 Å². The van der Waals surface area contributed by atoms with Crippen molar-refractivity contribution in [1.29, 1.82) is 0 Å². The second kappa shape index (κ2) is 6.38. The Hall–Kier alpha value is -0.0800. The minimum absolute atomic E-state index is 0.136. The minimum Gasteiger partial charge on any atom is -0.370 e. The summed E-state index contributed by atoms with van der Waals surface area (Å²) in [6.07, 6.45) is 11.1. The van der Waals surface area contributed by atoms with Gasteiger partial charge in [-0.3, -0.25) is 0 Å². The molecule has 2 aliphatic carbocycles. The van der Waals surface area contributed by atoms with E-state index >= 15 is 0 Å². The zero-order valence-electron chi connectivity index (χ0n) is 12.5. The van der Waals surface area contributed by atoms with Crippen LogP contribution in [0.15, 0.2) is 0 Å². The molecule has 2 heteroatoms. The highest BCUT2D eigenvalue weighted by molar-refractivity contribution is 4.91. The first-order valence-corrected chi connectivity index (χ1v) is 8.01. The maximum Gasteiger partial charge on any atom is 0.0812 e. The maximum atomic E-state index is 6.60. The Labute approximate surface area is 113 Å². The summed E-state index contributed by atoms with van der Waals surface area (Å²) >= 11 is 0. The predicted octanol–water partition coefficient (Wildman–Crippen LogP) is 3.89. The number of hydrogen-bond acceptors (Lipinski definition) is 2. The number of ether oxygens (including phenoxy) is 1. The lowest BCUT2D eigenvalue weighted by atomic mass is 9.78. The lowest BCUT2D eigenvalue weighted by molar-refractivity contribution is -0.118. The van der Waals surface area contributed by atoms with Gasteiger partial charge in [0.25, 0.3) is 0 Å². The van der Waals surface area contributed by atoms with Crippen LogP contribution in [0.3, 0.4) is 0 Å². The Kier molecular flexibility index (Phi) is 5.08. The molecule has 2 unspecified atom stereocenters. The molecule has 0 saturated heterocycles. The smallest absolute Gasteiger partial charge is 0.0812 e. The Balaban J connectivity index is 1.95. The Morgan fingerprint density at radius 1 is 1.17 bits per heavy atom. The van der Waals surface area contributed by atoms with Crippen LogP contribution in [-0.2, 0) is 4.74 Å². The van der Waals surface area contributed by atoms with Crippen molar-refractivity contribution >= 4 is 0 Å². The van der Waals surface area contributed by atoms with Crippen molar-refractivity contribution in [3.05, 3.63) is 0 Å². The number of hydrogen-bond donors (Lipinski definition) is 1. The summed E-state index contributed by atoms with van der Waals surface area (Å²) in [5, 5.41) is 3.63. The summed E-state index contributed by atoms with van der Waals surface area (Å²) in [6.45, 7) is 7.90. The van der Waals surface area contributed by atoms with Crippen LogP contribution >= 0.6 is 0 Å². The van der Waals surface area contributed by atoms with Crippen molar-refractivity contribution in [2.24, 2.45) is 5.92 Å². The molecule has 2 nitrogen and oxygen atoms in total. The Morgan fingerprint density at radius 2 is 1.89 bits per heavy atom. The lowest BCUT2D eigenvalue weighted by Gasteiger charge is -2.42. The van der Waals surface area contributed by atoms with Crippen LogP contribution in [0.1, 0.15) is 72.1 Å². The van der Waals surface area contributed by atoms with Gasteiger partial charge in [-0.15, -0.1) is 0 Å². The van der Waals surface area contributed by atoms with Crippen LogP contribution in [-0.4, -0.2) is 24.3 Å². The molecule has 0 radical (unpaired) electrons. The summed E-state index contributed by atoms with van der Waals surface area (Å²) in [7, 11) is 0. The Morgan fingerprint density at radius 3 is 2.50 bits per heavy atom. The summed E-state index contributed by atoms with van der Waals surface area (Å²) < 4.78 is 6.60. The molecule has 0 spiro atoms. The molecule has 2 aliphatic rings. The topological polar surface area (TPSA) is 21.3 Å². The van der Waals surface area contributed by atoms with Gasteiger partial charge in [0, 0.05) is 12.6 Å². The molecule has 0 bridgehead atoms. The van der Waals surface area contributed by atoms with Gasteiger partial charge in [0.05, 0.1) is 11.7 Å². The largest absolute Gasteiger partial charge is 0.370 e.